The number of nitro benzene ring substituents is 1. The number of halogens is 1. The van der Waals surface area contributed by atoms with E-state index in [-0.39, 0.29) is 28.3 Å². The lowest BCUT2D eigenvalue weighted by molar-refractivity contribution is -0.385. The fourth-order valence-corrected chi connectivity index (χ4v) is 1.48. The molecule has 0 atom stereocenters. The zero-order chi connectivity index (χ0) is 12.3. The van der Waals surface area contributed by atoms with Gasteiger partial charge in [-0.05, 0) is 13.0 Å². The fraction of sp³-hybridized carbons (Fsp3) is 0.200. The highest BCUT2D eigenvalue weighted by Gasteiger charge is 2.19. The van der Waals surface area contributed by atoms with E-state index in [0.717, 1.165) is 6.07 Å². The molecule has 0 saturated carbocycles. The summed E-state index contributed by atoms with van der Waals surface area (Å²) in [6, 6.07) is 2.44. The molecule has 0 aliphatic carbocycles. The summed E-state index contributed by atoms with van der Waals surface area (Å²) in [5.41, 5.74) is 0.177. The molecule has 0 N–H and O–H groups in total. The van der Waals surface area contributed by atoms with Crippen molar-refractivity contribution in [2.45, 2.75) is 6.92 Å². The highest BCUT2D eigenvalue weighted by Crippen LogP contribution is 2.23. The van der Waals surface area contributed by atoms with Gasteiger partial charge in [0.05, 0.1) is 10.8 Å². The molecule has 0 fully saturated rings. The van der Waals surface area contributed by atoms with E-state index in [1.165, 1.54) is 13.0 Å². The van der Waals surface area contributed by atoms with E-state index in [9.17, 15) is 19.7 Å². The van der Waals surface area contributed by atoms with Gasteiger partial charge in [0, 0.05) is 22.8 Å². The molecule has 84 valence electrons. The minimum Gasteiger partial charge on any atom is -0.298 e. The summed E-state index contributed by atoms with van der Waals surface area (Å²) in [6.07, 6.45) is 0.456. The molecule has 0 spiro atoms. The molecule has 5 nitrogen and oxygen atoms in total. The number of nitro groups is 1. The third-order valence-electron chi connectivity index (χ3n) is 2.16. The molecule has 0 bridgehead atoms. The third kappa shape index (κ3) is 2.25. The number of ketones is 1. The predicted octanol–water partition coefficient (Wildman–Crippen LogP) is 2.14. The molecule has 0 heterocycles. The maximum Gasteiger partial charge on any atom is 0.273 e. The first-order valence-electron chi connectivity index (χ1n) is 4.34. The lowest BCUT2D eigenvalue weighted by atomic mass is 10.0. The van der Waals surface area contributed by atoms with Crippen molar-refractivity contribution in [2.75, 3.05) is 5.88 Å². The second-order valence-corrected chi connectivity index (χ2v) is 3.41. The molecule has 6 heteroatoms. The summed E-state index contributed by atoms with van der Waals surface area (Å²) in [5, 5.41) is 10.7. The Morgan fingerprint density at radius 2 is 2.19 bits per heavy atom. The van der Waals surface area contributed by atoms with Gasteiger partial charge in [-0.1, -0.05) is 0 Å². The second kappa shape index (κ2) is 4.85. The third-order valence-corrected chi connectivity index (χ3v) is 2.40. The highest BCUT2D eigenvalue weighted by atomic mass is 35.5. The van der Waals surface area contributed by atoms with Gasteiger partial charge in [-0.25, -0.2) is 0 Å². The van der Waals surface area contributed by atoms with Crippen LogP contribution in [0, 0.1) is 17.0 Å². The van der Waals surface area contributed by atoms with Crippen LogP contribution in [-0.4, -0.2) is 22.9 Å². The van der Waals surface area contributed by atoms with Crippen LogP contribution in [0.4, 0.5) is 5.69 Å². The van der Waals surface area contributed by atoms with Crippen LogP contribution in [0.5, 0.6) is 0 Å². The van der Waals surface area contributed by atoms with Gasteiger partial charge in [-0.3, -0.25) is 19.7 Å². The van der Waals surface area contributed by atoms with Crippen molar-refractivity contribution in [3.05, 3.63) is 38.9 Å². The molecule has 0 saturated heterocycles. The number of carbonyl (C=O) groups is 2. The van der Waals surface area contributed by atoms with Crippen molar-refractivity contribution in [1.29, 1.82) is 0 Å². The largest absolute Gasteiger partial charge is 0.298 e. The van der Waals surface area contributed by atoms with E-state index in [1.807, 2.05) is 0 Å². The molecule has 0 aliphatic rings. The molecule has 0 aromatic heterocycles. The standard InChI is InChI=1S/C10H8ClNO4/c1-6-8(10(14)4-11)2-7(5-13)3-9(6)12(15)16/h2-3,5H,4H2,1H3. The van der Waals surface area contributed by atoms with Gasteiger partial charge >= 0.3 is 0 Å². The van der Waals surface area contributed by atoms with E-state index in [1.54, 1.807) is 0 Å². The Hall–Kier alpha value is -1.75. The maximum atomic E-state index is 11.4. The van der Waals surface area contributed by atoms with Gasteiger partial charge in [-0.2, -0.15) is 0 Å². The van der Waals surface area contributed by atoms with Gasteiger partial charge in [-0.15, -0.1) is 11.6 Å². The summed E-state index contributed by atoms with van der Waals surface area (Å²) < 4.78 is 0. The lowest BCUT2D eigenvalue weighted by Gasteiger charge is -2.04. The Morgan fingerprint density at radius 1 is 1.56 bits per heavy atom. The molecule has 1 rings (SSSR count). The fourth-order valence-electron chi connectivity index (χ4n) is 1.34. The Bertz CT molecular complexity index is 470. The number of alkyl halides is 1. The number of Topliss-reactive ketones (excluding diaryl/α,β-unsaturated/α-hetero) is 1. The maximum absolute atomic E-state index is 11.4. The number of aldehydes is 1. The van der Waals surface area contributed by atoms with Crippen molar-refractivity contribution in [3.8, 4) is 0 Å². The second-order valence-electron chi connectivity index (χ2n) is 3.14. The number of nitrogens with zero attached hydrogens (tertiary/aromatic N) is 1. The van der Waals surface area contributed by atoms with Gasteiger partial charge < -0.3 is 0 Å². The van der Waals surface area contributed by atoms with Crippen LogP contribution >= 0.6 is 11.6 Å². The lowest BCUT2D eigenvalue weighted by Crippen LogP contribution is -2.06. The van der Waals surface area contributed by atoms with Crippen molar-refractivity contribution in [3.63, 3.8) is 0 Å². The average Bonchev–Trinajstić information content (AvgIpc) is 2.28. The first kappa shape index (κ1) is 12.3. The molecule has 0 unspecified atom stereocenters. The zero-order valence-corrected chi connectivity index (χ0v) is 9.15. The summed E-state index contributed by atoms with van der Waals surface area (Å²) in [5.74, 6) is -0.716. The minimum absolute atomic E-state index is 0.0887. The van der Waals surface area contributed by atoms with Crippen molar-refractivity contribution >= 4 is 29.4 Å². The van der Waals surface area contributed by atoms with Crippen molar-refractivity contribution < 1.29 is 14.5 Å². The van der Waals surface area contributed by atoms with E-state index in [0.29, 0.717) is 6.29 Å². The minimum atomic E-state index is -0.632. The summed E-state index contributed by atoms with van der Waals surface area (Å²) >= 11 is 5.38. The molecule has 16 heavy (non-hydrogen) atoms. The number of carbonyl (C=O) groups excluding carboxylic acids is 2. The monoisotopic (exact) mass is 241 g/mol. The first-order chi connectivity index (χ1) is 7.51. The van der Waals surface area contributed by atoms with Crippen LogP contribution in [0.25, 0.3) is 0 Å². The van der Waals surface area contributed by atoms with E-state index >= 15 is 0 Å². The normalized spacial score (nSPS) is 9.88. The highest BCUT2D eigenvalue weighted by molar-refractivity contribution is 6.30. The van der Waals surface area contributed by atoms with Gasteiger partial charge in [0.1, 0.15) is 6.29 Å². The van der Waals surface area contributed by atoms with Crippen LogP contribution in [0.1, 0.15) is 26.3 Å². The number of hydrogen-bond donors (Lipinski definition) is 0. The molecular weight excluding hydrogens is 234 g/mol. The Kier molecular flexibility index (Phi) is 3.73. The van der Waals surface area contributed by atoms with Crippen LogP contribution in [0.2, 0.25) is 0 Å². The quantitative estimate of drug-likeness (QED) is 0.266. The molecule has 1 aromatic rings. The first-order valence-corrected chi connectivity index (χ1v) is 4.88. The molecule has 1 aromatic carbocycles. The molecular formula is C10H8ClNO4. The number of benzene rings is 1. The molecule has 0 aliphatic heterocycles. The molecule has 0 radical (unpaired) electrons. The van der Waals surface area contributed by atoms with Crippen molar-refractivity contribution in [1.82, 2.24) is 0 Å². The smallest absolute Gasteiger partial charge is 0.273 e. The van der Waals surface area contributed by atoms with Gasteiger partial charge in [0.25, 0.3) is 5.69 Å². The van der Waals surface area contributed by atoms with E-state index < -0.39 is 10.7 Å². The van der Waals surface area contributed by atoms with Crippen LogP contribution < -0.4 is 0 Å². The Labute approximate surface area is 96.2 Å². The average molecular weight is 242 g/mol. The van der Waals surface area contributed by atoms with Crippen molar-refractivity contribution in [2.24, 2.45) is 0 Å². The van der Waals surface area contributed by atoms with Crippen LogP contribution in [0.15, 0.2) is 12.1 Å². The van der Waals surface area contributed by atoms with E-state index in [2.05, 4.69) is 0 Å². The predicted molar refractivity (Wildman–Crippen MR) is 58.3 cm³/mol. The zero-order valence-electron chi connectivity index (χ0n) is 8.40. The topological polar surface area (TPSA) is 77.3 Å². The van der Waals surface area contributed by atoms with Gasteiger partial charge in [0.15, 0.2) is 5.78 Å². The van der Waals surface area contributed by atoms with Gasteiger partial charge in [0.2, 0.25) is 0 Å². The van der Waals surface area contributed by atoms with Crippen LogP contribution in [0.3, 0.4) is 0 Å². The van der Waals surface area contributed by atoms with E-state index in [4.69, 9.17) is 11.6 Å². The Balaban J connectivity index is 3.48. The SMILES string of the molecule is Cc1c(C(=O)CCl)cc(C=O)cc1[N+](=O)[O-]. The van der Waals surface area contributed by atoms with Crippen LogP contribution in [-0.2, 0) is 0 Å². The summed E-state index contributed by atoms with van der Waals surface area (Å²) in [4.78, 5) is 32.1. The number of hydrogen-bond acceptors (Lipinski definition) is 4. The summed E-state index contributed by atoms with van der Waals surface area (Å²) in [6.45, 7) is 1.45. The number of rotatable bonds is 4. The Morgan fingerprint density at radius 3 is 2.62 bits per heavy atom. The summed E-state index contributed by atoms with van der Waals surface area (Å²) in [7, 11) is 0. The molecule has 0 amide bonds.